The van der Waals surface area contributed by atoms with Crippen LogP contribution in [0.5, 0.6) is 5.75 Å². The third-order valence-electron chi connectivity index (χ3n) is 5.02. The van der Waals surface area contributed by atoms with E-state index in [1.165, 1.54) is 48.8 Å². The van der Waals surface area contributed by atoms with Gasteiger partial charge in [0, 0.05) is 6.54 Å². The molecule has 0 aromatic heterocycles. The van der Waals surface area contributed by atoms with Crippen LogP contribution < -0.4 is 10.2 Å². The highest BCUT2D eigenvalue weighted by atomic mass is 32.2. The van der Waals surface area contributed by atoms with Crippen LogP contribution >= 0.6 is 0 Å². The van der Waals surface area contributed by atoms with Gasteiger partial charge in [0.15, 0.2) is 9.84 Å². The molecule has 1 aliphatic rings. The van der Waals surface area contributed by atoms with Gasteiger partial charge >= 0.3 is 0 Å². The molecule has 2 N–H and O–H groups in total. The lowest BCUT2D eigenvalue weighted by molar-refractivity contribution is -0.133. The Bertz CT molecular complexity index is 1170. The van der Waals surface area contributed by atoms with Gasteiger partial charge in [-0.05, 0) is 48.9 Å². The highest BCUT2D eigenvalue weighted by molar-refractivity contribution is 7.92. The molecule has 0 aliphatic carbocycles. The van der Waals surface area contributed by atoms with Crippen molar-refractivity contribution in [3.63, 3.8) is 0 Å². The van der Waals surface area contributed by atoms with Gasteiger partial charge in [-0.2, -0.15) is 4.31 Å². The molecule has 9 nitrogen and oxygen atoms in total. The number of sulfonamides is 1. The summed E-state index contributed by atoms with van der Waals surface area (Å²) in [5.41, 5.74) is 1.94. The van der Waals surface area contributed by atoms with Crippen LogP contribution in [-0.2, 0) is 31.3 Å². The van der Waals surface area contributed by atoms with E-state index in [0.717, 1.165) is 4.31 Å². The maximum absolute atomic E-state index is 13.2. The Morgan fingerprint density at radius 1 is 1.26 bits per heavy atom. The topological polar surface area (TPSA) is 130 Å². The SMILES string of the molecule is CC1C(C(=O)NO)N(S(=O)(=O)c2ccc(OCc3cccc(F)c3)cc2)CCS1(=O)=O. The number of nitrogens with zero attached hydrogens (tertiary/aromatic N) is 1. The molecule has 2 atom stereocenters. The van der Waals surface area contributed by atoms with Gasteiger partial charge in [0.1, 0.15) is 24.2 Å². The van der Waals surface area contributed by atoms with Gasteiger partial charge in [-0.25, -0.2) is 26.7 Å². The number of benzene rings is 2. The number of halogens is 1. The van der Waals surface area contributed by atoms with E-state index in [-0.39, 0.29) is 11.5 Å². The predicted octanol–water partition coefficient (Wildman–Crippen LogP) is 1.09. The largest absolute Gasteiger partial charge is 0.489 e. The van der Waals surface area contributed by atoms with Crippen LogP contribution in [0.4, 0.5) is 4.39 Å². The van der Waals surface area contributed by atoms with E-state index in [1.807, 2.05) is 0 Å². The summed E-state index contributed by atoms with van der Waals surface area (Å²) in [6.45, 7) is 0.870. The van der Waals surface area contributed by atoms with Gasteiger partial charge < -0.3 is 4.74 Å². The number of hydroxylamine groups is 1. The minimum atomic E-state index is -4.25. The molecule has 1 saturated heterocycles. The zero-order valence-corrected chi connectivity index (χ0v) is 18.1. The standard InChI is InChI=1S/C19H21FN2O7S2/c1-13-18(19(23)21-24)22(9-10-30(13,25)26)31(27,28)17-7-5-16(6-8-17)29-12-14-3-2-4-15(20)11-14/h2-8,11,13,18,24H,9-10,12H2,1H3,(H,21,23). The molecule has 31 heavy (non-hydrogen) atoms. The van der Waals surface area contributed by atoms with Gasteiger partial charge in [-0.1, -0.05) is 12.1 Å². The molecule has 2 unspecified atom stereocenters. The zero-order chi connectivity index (χ0) is 22.8. The molecule has 2 aromatic rings. The Balaban J connectivity index is 1.81. The molecule has 12 heteroatoms. The van der Waals surface area contributed by atoms with E-state index >= 15 is 0 Å². The minimum absolute atomic E-state index is 0.0735. The first-order valence-electron chi connectivity index (χ1n) is 9.21. The fourth-order valence-corrected chi connectivity index (χ4v) is 6.63. The van der Waals surface area contributed by atoms with Crippen molar-refractivity contribution in [1.82, 2.24) is 9.79 Å². The molecular weight excluding hydrogens is 451 g/mol. The second kappa shape index (κ2) is 8.91. The second-order valence-corrected chi connectivity index (χ2v) is 11.4. The lowest BCUT2D eigenvalue weighted by Gasteiger charge is -2.36. The van der Waals surface area contributed by atoms with Crippen LogP contribution in [0.2, 0.25) is 0 Å². The van der Waals surface area contributed by atoms with E-state index in [2.05, 4.69) is 0 Å². The number of amides is 1. The average Bonchev–Trinajstić information content (AvgIpc) is 2.73. The summed E-state index contributed by atoms with van der Waals surface area (Å²) in [6, 6.07) is 9.56. The Kier molecular flexibility index (Phi) is 6.65. The molecular formula is C19H21FN2O7S2. The third-order valence-corrected chi connectivity index (χ3v) is 9.06. The molecule has 0 spiro atoms. The monoisotopic (exact) mass is 472 g/mol. The molecule has 1 heterocycles. The lowest BCUT2D eigenvalue weighted by Crippen LogP contribution is -2.61. The summed E-state index contributed by atoms with van der Waals surface area (Å²) in [4.78, 5) is 11.9. The van der Waals surface area contributed by atoms with E-state index in [4.69, 9.17) is 9.94 Å². The van der Waals surface area contributed by atoms with Crippen LogP contribution in [0.15, 0.2) is 53.4 Å². The molecule has 0 radical (unpaired) electrons. The van der Waals surface area contributed by atoms with E-state index in [9.17, 15) is 26.0 Å². The highest BCUT2D eigenvalue weighted by Crippen LogP contribution is 2.28. The van der Waals surface area contributed by atoms with E-state index in [0.29, 0.717) is 11.3 Å². The number of nitrogens with one attached hydrogen (secondary N) is 1. The summed E-state index contributed by atoms with van der Waals surface area (Å²) in [6.07, 6.45) is 0. The summed E-state index contributed by atoms with van der Waals surface area (Å²) >= 11 is 0. The van der Waals surface area contributed by atoms with Crippen molar-refractivity contribution in [3.8, 4) is 5.75 Å². The summed E-state index contributed by atoms with van der Waals surface area (Å²) in [7, 11) is -7.96. The van der Waals surface area contributed by atoms with Gasteiger partial charge in [0.2, 0.25) is 10.0 Å². The molecule has 2 aromatic carbocycles. The first kappa shape index (κ1) is 23.1. The predicted molar refractivity (Wildman–Crippen MR) is 108 cm³/mol. The summed E-state index contributed by atoms with van der Waals surface area (Å²) in [5.74, 6) is -1.64. The van der Waals surface area contributed by atoms with Gasteiger partial charge in [-0.3, -0.25) is 10.0 Å². The number of sulfone groups is 1. The fourth-order valence-electron chi connectivity index (χ4n) is 3.29. The van der Waals surface area contributed by atoms with Crippen molar-refractivity contribution < 1.29 is 36.0 Å². The van der Waals surface area contributed by atoms with Crippen molar-refractivity contribution in [2.75, 3.05) is 12.3 Å². The molecule has 1 amide bonds. The summed E-state index contributed by atoms with van der Waals surface area (Å²) in [5, 5.41) is 7.64. The maximum Gasteiger partial charge on any atom is 0.263 e. The fraction of sp³-hybridized carbons (Fsp3) is 0.316. The first-order chi connectivity index (χ1) is 14.6. The number of rotatable bonds is 6. The van der Waals surface area contributed by atoms with Gasteiger partial charge in [0.05, 0.1) is 15.9 Å². The highest BCUT2D eigenvalue weighted by Gasteiger charge is 2.48. The molecule has 3 rings (SSSR count). The minimum Gasteiger partial charge on any atom is -0.489 e. The smallest absolute Gasteiger partial charge is 0.263 e. The first-order valence-corrected chi connectivity index (χ1v) is 12.4. The van der Waals surface area contributed by atoms with Crippen LogP contribution in [0.25, 0.3) is 0 Å². The second-order valence-electron chi connectivity index (χ2n) is 7.00. The molecule has 1 fully saturated rings. The van der Waals surface area contributed by atoms with Crippen LogP contribution in [0.3, 0.4) is 0 Å². The van der Waals surface area contributed by atoms with E-state index in [1.54, 1.807) is 12.1 Å². The summed E-state index contributed by atoms with van der Waals surface area (Å²) < 4.78 is 70.0. The number of carbonyl (C=O) groups excluding carboxylic acids is 1. The average molecular weight is 473 g/mol. The van der Waals surface area contributed by atoms with Crippen molar-refractivity contribution in [2.24, 2.45) is 0 Å². The number of carbonyl (C=O) groups is 1. The third kappa shape index (κ3) is 4.87. The lowest BCUT2D eigenvalue weighted by atomic mass is 10.2. The zero-order valence-electron chi connectivity index (χ0n) is 16.4. The number of ether oxygens (including phenoxy) is 1. The molecule has 0 saturated carbocycles. The molecule has 0 bridgehead atoms. The van der Waals surface area contributed by atoms with Crippen LogP contribution in [-0.4, -0.2) is 55.8 Å². The van der Waals surface area contributed by atoms with E-state index < -0.39 is 55.2 Å². The van der Waals surface area contributed by atoms with Crippen molar-refractivity contribution in [2.45, 2.75) is 29.7 Å². The molecule has 168 valence electrons. The Labute approximate surface area is 179 Å². The number of hydrogen-bond donors (Lipinski definition) is 2. The van der Waals surface area contributed by atoms with Crippen LogP contribution in [0.1, 0.15) is 12.5 Å². The Morgan fingerprint density at radius 3 is 2.55 bits per heavy atom. The Hall–Kier alpha value is -2.54. The number of hydrogen-bond acceptors (Lipinski definition) is 7. The van der Waals surface area contributed by atoms with Gasteiger partial charge in [-0.15, -0.1) is 0 Å². The van der Waals surface area contributed by atoms with Crippen molar-refractivity contribution in [3.05, 3.63) is 59.9 Å². The quantitative estimate of drug-likeness (QED) is 0.475. The normalized spacial score (nSPS) is 21.4. The van der Waals surface area contributed by atoms with Gasteiger partial charge in [0.25, 0.3) is 5.91 Å². The Morgan fingerprint density at radius 2 is 1.94 bits per heavy atom. The van der Waals surface area contributed by atoms with Crippen LogP contribution in [0, 0.1) is 5.82 Å². The van der Waals surface area contributed by atoms with Crippen molar-refractivity contribution in [1.29, 1.82) is 0 Å². The maximum atomic E-state index is 13.2. The van der Waals surface area contributed by atoms with Crippen molar-refractivity contribution >= 4 is 25.8 Å². The molecule has 1 aliphatic heterocycles.